The number of nitrogens with one attached hydrogen (secondary N) is 1. The minimum Gasteiger partial charge on any atom is -0.380 e. The van der Waals surface area contributed by atoms with E-state index in [1.165, 1.54) is 32.5 Å². The van der Waals surface area contributed by atoms with Gasteiger partial charge in [-0.2, -0.15) is 0 Å². The number of fused-ring (bicyclic) bond motifs is 2. The molecule has 0 amide bonds. The number of hydrogen-bond acceptors (Lipinski definition) is 2. The van der Waals surface area contributed by atoms with E-state index >= 15 is 0 Å². The van der Waals surface area contributed by atoms with Crippen LogP contribution in [0.2, 0.25) is 10.0 Å². The van der Waals surface area contributed by atoms with E-state index in [4.69, 9.17) is 23.2 Å². The molecule has 2 bridgehead atoms. The van der Waals surface area contributed by atoms with Gasteiger partial charge in [0, 0.05) is 19.1 Å². The molecule has 3 atom stereocenters. The zero-order valence-corrected chi connectivity index (χ0v) is 11.1. The van der Waals surface area contributed by atoms with E-state index < -0.39 is 0 Å². The van der Waals surface area contributed by atoms with Gasteiger partial charge in [-0.3, -0.25) is 0 Å². The molecule has 3 unspecified atom stereocenters. The second kappa shape index (κ2) is 4.68. The van der Waals surface area contributed by atoms with Gasteiger partial charge in [-0.15, -0.1) is 0 Å². The zero-order chi connectivity index (χ0) is 11.8. The van der Waals surface area contributed by atoms with Gasteiger partial charge in [-0.25, -0.2) is 0 Å². The first-order valence-corrected chi connectivity index (χ1v) is 6.92. The summed E-state index contributed by atoms with van der Waals surface area (Å²) < 4.78 is 0. The van der Waals surface area contributed by atoms with Crippen molar-refractivity contribution in [3.05, 3.63) is 28.2 Å². The summed E-state index contributed by atoms with van der Waals surface area (Å²) >= 11 is 12.4. The number of benzene rings is 1. The Bertz CT molecular complexity index is 402. The molecular formula is C13H16Cl2N2. The normalized spacial score (nSPS) is 31.5. The molecule has 92 valence electrons. The Labute approximate surface area is 112 Å². The fraction of sp³-hybridized carbons (Fsp3) is 0.538. The molecule has 2 heterocycles. The lowest BCUT2D eigenvalue weighted by Gasteiger charge is -2.32. The van der Waals surface area contributed by atoms with Crippen LogP contribution in [0.15, 0.2) is 18.2 Å². The topological polar surface area (TPSA) is 15.3 Å². The van der Waals surface area contributed by atoms with Crippen LogP contribution in [0.4, 0.5) is 5.69 Å². The summed E-state index contributed by atoms with van der Waals surface area (Å²) in [5.74, 6) is 0.746. The van der Waals surface area contributed by atoms with E-state index in [1.54, 1.807) is 0 Å². The van der Waals surface area contributed by atoms with E-state index in [2.05, 4.69) is 10.2 Å². The summed E-state index contributed by atoms with van der Waals surface area (Å²) in [6.45, 7) is 3.66. The summed E-state index contributed by atoms with van der Waals surface area (Å²) in [5.41, 5.74) is 0.904. The molecule has 1 aromatic rings. The predicted octanol–water partition coefficient (Wildman–Crippen LogP) is 3.50. The second-order valence-electron chi connectivity index (χ2n) is 4.99. The molecule has 2 fully saturated rings. The summed E-state index contributed by atoms with van der Waals surface area (Å²) in [7, 11) is 0. The van der Waals surface area contributed by atoms with E-state index in [0.717, 1.165) is 21.7 Å². The van der Waals surface area contributed by atoms with Crippen molar-refractivity contribution in [3.63, 3.8) is 0 Å². The maximum absolute atomic E-state index is 6.19. The minimum absolute atomic E-state index is 0.520. The lowest BCUT2D eigenvalue weighted by atomic mass is 9.94. The van der Waals surface area contributed by atoms with Crippen LogP contribution >= 0.6 is 23.2 Å². The highest BCUT2D eigenvalue weighted by Crippen LogP contribution is 2.35. The Hall–Kier alpha value is -0.440. The van der Waals surface area contributed by atoms with Crippen LogP contribution in [0.25, 0.3) is 0 Å². The highest BCUT2D eigenvalue weighted by Gasteiger charge is 2.34. The number of rotatable bonds is 2. The van der Waals surface area contributed by atoms with Crippen molar-refractivity contribution < 1.29 is 0 Å². The lowest BCUT2D eigenvalue weighted by molar-refractivity contribution is 0.255. The maximum atomic E-state index is 6.19. The van der Waals surface area contributed by atoms with E-state index in [-0.39, 0.29) is 0 Å². The summed E-state index contributed by atoms with van der Waals surface area (Å²) in [5, 5.41) is 5.00. The van der Waals surface area contributed by atoms with E-state index in [0.29, 0.717) is 6.04 Å². The van der Waals surface area contributed by atoms with Crippen LogP contribution < -0.4 is 5.32 Å². The molecule has 0 spiro atoms. The van der Waals surface area contributed by atoms with Gasteiger partial charge >= 0.3 is 0 Å². The molecule has 2 aliphatic rings. The van der Waals surface area contributed by atoms with Crippen LogP contribution in [0.5, 0.6) is 0 Å². The largest absolute Gasteiger partial charge is 0.380 e. The molecule has 0 aliphatic carbocycles. The van der Waals surface area contributed by atoms with Gasteiger partial charge in [0.15, 0.2) is 0 Å². The first kappa shape index (κ1) is 11.6. The number of para-hydroxylation sites is 1. The van der Waals surface area contributed by atoms with Crippen LogP contribution in [-0.4, -0.2) is 30.6 Å². The number of nitrogens with zero attached hydrogens (tertiary/aromatic N) is 1. The number of hydrogen-bond donors (Lipinski definition) is 1. The van der Waals surface area contributed by atoms with Crippen molar-refractivity contribution in [2.45, 2.75) is 18.9 Å². The third-order valence-corrected chi connectivity index (χ3v) is 4.56. The van der Waals surface area contributed by atoms with Crippen molar-refractivity contribution in [3.8, 4) is 0 Å². The monoisotopic (exact) mass is 270 g/mol. The predicted molar refractivity (Wildman–Crippen MR) is 73.0 cm³/mol. The highest BCUT2D eigenvalue weighted by molar-refractivity contribution is 6.39. The fourth-order valence-electron chi connectivity index (χ4n) is 2.96. The molecular weight excluding hydrogens is 255 g/mol. The van der Waals surface area contributed by atoms with Gasteiger partial charge in [-0.1, -0.05) is 29.3 Å². The molecule has 2 aliphatic heterocycles. The molecule has 0 aromatic heterocycles. The van der Waals surface area contributed by atoms with Gasteiger partial charge in [0.05, 0.1) is 15.7 Å². The maximum Gasteiger partial charge on any atom is 0.0721 e. The van der Waals surface area contributed by atoms with Crippen molar-refractivity contribution in [2.24, 2.45) is 5.92 Å². The van der Waals surface area contributed by atoms with Crippen LogP contribution in [-0.2, 0) is 0 Å². The molecule has 17 heavy (non-hydrogen) atoms. The Morgan fingerprint density at radius 1 is 1.12 bits per heavy atom. The summed E-state index contributed by atoms with van der Waals surface area (Å²) in [4.78, 5) is 2.54. The molecule has 1 N–H and O–H groups in total. The van der Waals surface area contributed by atoms with Crippen LogP contribution in [0, 0.1) is 5.92 Å². The Kier molecular flexibility index (Phi) is 3.20. The Balaban J connectivity index is 1.78. The third kappa shape index (κ3) is 2.26. The molecule has 1 aromatic carbocycles. The first-order chi connectivity index (χ1) is 8.24. The highest BCUT2D eigenvalue weighted by atomic mass is 35.5. The van der Waals surface area contributed by atoms with Gasteiger partial charge in [0.2, 0.25) is 0 Å². The Morgan fingerprint density at radius 3 is 2.59 bits per heavy atom. The van der Waals surface area contributed by atoms with E-state index in [1.807, 2.05) is 18.2 Å². The van der Waals surface area contributed by atoms with Crippen molar-refractivity contribution in [2.75, 3.05) is 25.0 Å². The number of piperidine rings is 1. The van der Waals surface area contributed by atoms with E-state index in [9.17, 15) is 0 Å². The quantitative estimate of drug-likeness (QED) is 0.885. The average Bonchev–Trinajstić information content (AvgIpc) is 2.70. The second-order valence-corrected chi connectivity index (χ2v) is 5.80. The van der Waals surface area contributed by atoms with Crippen molar-refractivity contribution >= 4 is 28.9 Å². The van der Waals surface area contributed by atoms with Gasteiger partial charge < -0.3 is 10.2 Å². The van der Waals surface area contributed by atoms with Crippen LogP contribution in [0.3, 0.4) is 0 Å². The molecule has 4 heteroatoms. The van der Waals surface area contributed by atoms with Crippen molar-refractivity contribution in [1.29, 1.82) is 0 Å². The smallest absolute Gasteiger partial charge is 0.0721 e. The Morgan fingerprint density at radius 2 is 1.82 bits per heavy atom. The lowest BCUT2D eigenvalue weighted by Crippen LogP contribution is -2.39. The van der Waals surface area contributed by atoms with Gasteiger partial charge in [-0.05, 0) is 37.4 Å². The molecule has 3 rings (SSSR count). The molecule has 0 saturated carbocycles. The van der Waals surface area contributed by atoms with Gasteiger partial charge in [0.1, 0.15) is 0 Å². The molecule has 0 radical (unpaired) electrons. The molecule has 2 nitrogen and oxygen atoms in total. The SMILES string of the molecule is Clc1cccc(Cl)c1NC1CCN2CCC1C2. The first-order valence-electron chi connectivity index (χ1n) is 6.17. The van der Waals surface area contributed by atoms with Gasteiger partial charge in [0.25, 0.3) is 0 Å². The summed E-state index contributed by atoms with van der Waals surface area (Å²) in [6.07, 6.45) is 2.48. The van der Waals surface area contributed by atoms with Crippen molar-refractivity contribution in [1.82, 2.24) is 4.90 Å². The minimum atomic E-state index is 0.520. The number of halogens is 2. The summed E-state index contributed by atoms with van der Waals surface area (Å²) in [6, 6.07) is 6.18. The zero-order valence-electron chi connectivity index (χ0n) is 9.63. The fourth-order valence-corrected chi connectivity index (χ4v) is 3.47. The van der Waals surface area contributed by atoms with Crippen LogP contribution in [0.1, 0.15) is 12.8 Å². The number of anilines is 1. The standard InChI is InChI=1S/C13H16Cl2N2/c14-10-2-1-3-11(15)13(10)16-12-5-7-17-6-4-9(12)8-17/h1-3,9,12,16H,4-8H2. The average molecular weight is 271 g/mol. The molecule has 2 saturated heterocycles. The third-order valence-electron chi connectivity index (χ3n) is 3.93.